The van der Waals surface area contributed by atoms with Crippen LogP contribution in [0.4, 0.5) is 0 Å². The van der Waals surface area contributed by atoms with Gasteiger partial charge in [0.2, 0.25) is 5.91 Å². The van der Waals surface area contributed by atoms with Gasteiger partial charge in [-0.1, -0.05) is 77.8 Å². The fourth-order valence-electron chi connectivity index (χ4n) is 5.59. The Kier molecular flexibility index (Phi) is 8.68. The molecule has 38 heavy (non-hydrogen) atoms. The predicted octanol–water partition coefficient (Wildman–Crippen LogP) is 6.32. The number of amides is 2. The van der Waals surface area contributed by atoms with E-state index >= 15 is 0 Å². The molecule has 0 N–H and O–H groups in total. The van der Waals surface area contributed by atoms with Gasteiger partial charge in [0, 0.05) is 38.2 Å². The fraction of sp³-hybridized carbons (Fsp3) is 0.355. The van der Waals surface area contributed by atoms with Gasteiger partial charge in [0.25, 0.3) is 5.91 Å². The average Bonchev–Trinajstić information content (AvgIpc) is 2.96. The van der Waals surface area contributed by atoms with Crippen molar-refractivity contribution >= 4 is 35.0 Å². The number of piperidine rings is 1. The van der Waals surface area contributed by atoms with E-state index in [4.69, 9.17) is 23.2 Å². The zero-order chi connectivity index (χ0) is 26.5. The van der Waals surface area contributed by atoms with Gasteiger partial charge in [-0.05, 0) is 67.2 Å². The number of likely N-dealkylation sites (tertiary alicyclic amines) is 1. The maximum Gasteiger partial charge on any atom is 0.253 e. The first kappa shape index (κ1) is 26.7. The maximum absolute atomic E-state index is 13.7. The van der Waals surface area contributed by atoms with Gasteiger partial charge in [0.1, 0.15) is 0 Å². The summed E-state index contributed by atoms with van der Waals surface area (Å²) in [6, 6.07) is 25.1. The maximum atomic E-state index is 13.7. The fourth-order valence-corrected chi connectivity index (χ4v) is 5.90. The highest BCUT2D eigenvalue weighted by molar-refractivity contribution is 6.42. The Balaban J connectivity index is 1.25. The lowest BCUT2D eigenvalue weighted by atomic mass is 9.91. The van der Waals surface area contributed by atoms with Crippen LogP contribution in [0.2, 0.25) is 10.0 Å². The Hall–Kier alpha value is -2.86. The minimum atomic E-state index is -0.267. The molecule has 7 heteroatoms. The lowest BCUT2D eigenvalue weighted by Crippen LogP contribution is -2.52. The van der Waals surface area contributed by atoms with E-state index in [1.54, 1.807) is 6.07 Å². The summed E-state index contributed by atoms with van der Waals surface area (Å²) in [4.78, 5) is 33.2. The smallest absolute Gasteiger partial charge is 0.253 e. The first-order chi connectivity index (χ1) is 18.5. The Labute approximate surface area is 234 Å². The first-order valence-corrected chi connectivity index (χ1v) is 14.1. The van der Waals surface area contributed by atoms with Crippen molar-refractivity contribution in [2.75, 3.05) is 32.7 Å². The minimum Gasteiger partial charge on any atom is -0.334 e. The van der Waals surface area contributed by atoms with E-state index in [1.165, 1.54) is 5.56 Å². The molecule has 5 nitrogen and oxygen atoms in total. The summed E-state index contributed by atoms with van der Waals surface area (Å²) in [6.07, 6.45) is 2.56. The van der Waals surface area contributed by atoms with Crippen LogP contribution in [0.15, 0.2) is 78.9 Å². The zero-order valence-corrected chi connectivity index (χ0v) is 23.0. The molecule has 2 amide bonds. The van der Waals surface area contributed by atoms with E-state index in [0.29, 0.717) is 47.6 Å². The van der Waals surface area contributed by atoms with Gasteiger partial charge in [0.15, 0.2) is 0 Å². The molecule has 198 valence electrons. The predicted molar refractivity (Wildman–Crippen MR) is 152 cm³/mol. The van der Waals surface area contributed by atoms with Crippen molar-refractivity contribution in [3.05, 3.63) is 106 Å². The van der Waals surface area contributed by atoms with Gasteiger partial charge in [-0.3, -0.25) is 14.5 Å². The molecule has 0 saturated carbocycles. The van der Waals surface area contributed by atoms with Gasteiger partial charge in [-0.2, -0.15) is 0 Å². The normalized spacial score (nSPS) is 18.9. The molecule has 1 unspecified atom stereocenters. The van der Waals surface area contributed by atoms with E-state index < -0.39 is 0 Å². The van der Waals surface area contributed by atoms with Crippen molar-refractivity contribution < 1.29 is 9.59 Å². The van der Waals surface area contributed by atoms with Gasteiger partial charge in [-0.25, -0.2) is 0 Å². The number of piperazine rings is 1. The molecular weight excluding hydrogens is 517 g/mol. The second kappa shape index (κ2) is 12.3. The van der Waals surface area contributed by atoms with E-state index in [2.05, 4.69) is 29.2 Å². The van der Waals surface area contributed by atoms with Crippen LogP contribution >= 0.6 is 23.2 Å². The quantitative estimate of drug-likeness (QED) is 0.361. The molecule has 2 heterocycles. The van der Waals surface area contributed by atoms with Crippen LogP contribution in [0, 0.1) is 5.92 Å². The third kappa shape index (κ3) is 6.40. The molecule has 2 aliphatic rings. The lowest BCUT2D eigenvalue weighted by Gasteiger charge is -2.42. The molecule has 0 bridgehead atoms. The number of halogens is 2. The number of carbonyl (C=O) groups excluding carboxylic acids is 2. The Morgan fingerprint density at radius 1 is 0.789 bits per heavy atom. The van der Waals surface area contributed by atoms with Crippen LogP contribution in [0.3, 0.4) is 0 Å². The molecule has 0 aliphatic carbocycles. The first-order valence-electron chi connectivity index (χ1n) is 13.3. The topological polar surface area (TPSA) is 43.9 Å². The largest absolute Gasteiger partial charge is 0.334 e. The number of benzene rings is 3. The molecule has 1 atom stereocenters. The van der Waals surface area contributed by atoms with Crippen molar-refractivity contribution in [2.45, 2.75) is 31.8 Å². The summed E-state index contributed by atoms with van der Waals surface area (Å²) in [7, 11) is 0. The van der Waals surface area contributed by atoms with Crippen molar-refractivity contribution in [3.63, 3.8) is 0 Å². The van der Waals surface area contributed by atoms with E-state index in [-0.39, 0.29) is 17.9 Å². The number of rotatable bonds is 6. The van der Waals surface area contributed by atoms with E-state index in [1.807, 2.05) is 58.3 Å². The van der Waals surface area contributed by atoms with Crippen molar-refractivity contribution in [3.8, 4) is 0 Å². The highest BCUT2D eigenvalue weighted by Crippen LogP contribution is 2.33. The summed E-state index contributed by atoms with van der Waals surface area (Å²) in [5.74, 6) is 0.496. The summed E-state index contributed by atoms with van der Waals surface area (Å²) in [6.45, 7) is 4.39. The molecule has 3 aromatic rings. The Morgan fingerprint density at radius 3 is 2.16 bits per heavy atom. The molecule has 0 aromatic heterocycles. The average molecular weight is 551 g/mol. The molecule has 2 aliphatic heterocycles. The van der Waals surface area contributed by atoms with Gasteiger partial charge < -0.3 is 9.80 Å². The second-order valence-electron chi connectivity index (χ2n) is 10.3. The molecule has 5 rings (SSSR count). The summed E-state index contributed by atoms with van der Waals surface area (Å²) < 4.78 is 0. The van der Waals surface area contributed by atoms with Crippen LogP contribution in [0.1, 0.15) is 46.8 Å². The van der Waals surface area contributed by atoms with Crippen molar-refractivity contribution in [2.24, 2.45) is 5.92 Å². The molecule has 0 spiro atoms. The number of hydrogen-bond acceptors (Lipinski definition) is 3. The van der Waals surface area contributed by atoms with Gasteiger partial charge in [0.05, 0.1) is 16.1 Å². The Bertz CT molecular complexity index is 1250. The third-order valence-corrected chi connectivity index (χ3v) is 8.50. The van der Waals surface area contributed by atoms with E-state index in [0.717, 1.165) is 38.0 Å². The zero-order valence-electron chi connectivity index (χ0n) is 21.4. The highest BCUT2D eigenvalue weighted by atomic mass is 35.5. The van der Waals surface area contributed by atoms with Crippen molar-refractivity contribution in [1.29, 1.82) is 0 Å². The SMILES string of the molecule is O=C(c1ccccc1)N1CCN(C(=O)CC2CCN(Cc3ccccc3)CC2)C(c2ccc(Cl)c(Cl)c2)C1. The number of hydrogen-bond donors (Lipinski definition) is 0. The standard InChI is InChI=1S/C31H33Cl2N3O2/c32-27-12-11-26(20-28(27)33)29-22-35(31(38)25-9-5-2-6-10-25)17-18-36(29)30(37)19-23-13-15-34(16-14-23)21-24-7-3-1-4-8-24/h1-12,20,23,29H,13-19,21-22H2. The van der Waals surface area contributed by atoms with Crippen LogP contribution in [-0.2, 0) is 11.3 Å². The molecular formula is C31H33Cl2N3O2. The van der Waals surface area contributed by atoms with Crippen LogP contribution < -0.4 is 0 Å². The highest BCUT2D eigenvalue weighted by Gasteiger charge is 2.35. The third-order valence-electron chi connectivity index (χ3n) is 7.76. The van der Waals surface area contributed by atoms with Crippen LogP contribution in [0.5, 0.6) is 0 Å². The second-order valence-corrected chi connectivity index (χ2v) is 11.1. The van der Waals surface area contributed by atoms with Crippen LogP contribution in [0.25, 0.3) is 0 Å². The molecule has 0 radical (unpaired) electrons. The van der Waals surface area contributed by atoms with E-state index in [9.17, 15) is 9.59 Å². The van der Waals surface area contributed by atoms with Crippen molar-refractivity contribution in [1.82, 2.24) is 14.7 Å². The molecule has 3 aromatic carbocycles. The Morgan fingerprint density at radius 2 is 1.47 bits per heavy atom. The molecule has 2 saturated heterocycles. The monoisotopic (exact) mass is 549 g/mol. The molecule has 2 fully saturated rings. The number of carbonyl (C=O) groups is 2. The summed E-state index contributed by atoms with van der Waals surface area (Å²) in [5.41, 5.74) is 2.88. The lowest BCUT2D eigenvalue weighted by molar-refractivity contribution is -0.137. The minimum absolute atomic E-state index is 0.0199. The summed E-state index contributed by atoms with van der Waals surface area (Å²) >= 11 is 12.6. The summed E-state index contributed by atoms with van der Waals surface area (Å²) in [5, 5.41) is 0.928. The number of nitrogens with zero attached hydrogens (tertiary/aromatic N) is 3. The van der Waals surface area contributed by atoms with Gasteiger partial charge in [-0.15, -0.1) is 0 Å². The van der Waals surface area contributed by atoms with Gasteiger partial charge >= 0.3 is 0 Å². The van der Waals surface area contributed by atoms with Crippen LogP contribution in [-0.4, -0.2) is 59.2 Å².